The molecule has 0 spiro atoms. The molecule has 0 aliphatic rings. The van der Waals surface area contributed by atoms with Crippen LogP contribution in [-0.2, 0) is 10.0 Å². The Morgan fingerprint density at radius 2 is 1.90 bits per heavy atom. The molecule has 30 heavy (non-hydrogen) atoms. The fraction of sp³-hybridized carbons (Fsp3) is 0.316. The topological polar surface area (TPSA) is 111 Å². The van der Waals surface area contributed by atoms with Crippen LogP contribution in [0, 0.1) is 13.8 Å². The minimum absolute atomic E-state index is 0.0905. The van der Waals surface area contributed by atoms with Gasteiger partial charge in [-0.1, -0.05) is 15.9 Å². The molecule has 0 saturated heterocycles. The molecule has 2 N–H and O–H groups in total. The van der Waals surface area contributed by atoms with E-state index in [1.54, 1.807) is 35.9 Å². The number of hydrogen-bond acceptors (Lipinski definition) is 7. The van der Waals surface area contributed by atoms with Crippen molar-refractivity contribution in [1.29, 1.82) is 0 Å². The van der Waals surface area contributed by atoms with Gasteiger partial charge in [-0.05, 0) is 57.2 Å². The lowest BCUT2D eigenvalue weighted by Crippen LogP contribution is -2.29. The third kappa shape index (κ3) is 5.35. The zero-order chi connectivity index (χ0) is 21.7. The Bertz CT molecular complexity index is 1120. The molecule has 160 valence electrons. The van der Waals surface area contributed by atoms with Gasteiger partial charge in [-0.15, -0.1) is 10.2 Å². The summed E-state index contributed by atoms with van der Waals surface area (Å²) < 4.78 is 35.7. The highest BCUT2D eigenvalue weighted by Gasteiger charge is 2.19. The first kappa shape index (κ1) is 22.2. The van der Waals surface area contributed by atoms with Crippen LogP contribution in [0.4, 0.5) is 5.82 Å². The monoisotopic (exact) mass is 494 g/mol. The Hall–Kier alpha value is -2.50. The number of benzene rings is 1. The Kier molecular flexibility index (Phi) is 7.06. The second-order valence-electron chi connectivity index (χ2n) is 6.46. The van der Waals surface area contributed by atoms with Gasteiger partial charge in [0.2, 0.25) is 10.0 Å². The molecule has 0 aliphatic heterocycles. The lowest BCUT2D eigenvalue weighted by atomic mass is 10.3. The van der Waals surface area contributed by atoms with Crippen molar-refractivity contribution in [2.24, 2.45) is 0 Å². The molecule has 3 aromatic rings. The van der Waals surface area contributed by atoms with Crippen molar-refractivity contribution in [2.45, 2.75) is 25.7 Å². The van der Waals surface area contributed by atoms with E-state index in [1.807, 2.05) is 19.9 Å². The van der Waals surface area contributed by atoms with Crippen molar-refractivity contribution in [3.63, 3.8) is 0 Å². The highest BCUT2D eigenvalue weighted by molar-refractivity contribution is 9.10. The maximum Gasteiger partial charge on any atom is 0.244 e. The van der Waals surface area contributed by atoms with E-state index in [2.05, 4.69) is 41.3 Å². The van der Waals surface area contributed by atoms with Gasteiger partial charge in [-0.3, -0.25) is 0 Å². The maximum absolute atomic E-state index is 12.6. The number of nitrogens with zero attached hydrogens (tertiary/aromatic N) is 4. The van der Waals surface area contributed by atoms with Crippen molar-refractivity contribution < 1.29 is 13.2 Å². The van der Waals surface area contributed by atoms with E-state index in [0.717, 1.165) is 11.4 Å². The molecule has 11 heteroatoms. The van der Waals surface area contributed by atoms with E-state index >= 15 is 0 Å². The van der Waals surface area contributed by atoms with Gasteiger partial charge in [-0.25, -0.2) is 17.8 Å². The summed E-state index contributed by atoms with van der Waals surface area (Å²) in [5.74, 6) is 1.47. The average molecular weight is 495 g/mol. The number of aromatic nitrogens is 4. The molecule has 0 amide bonds. The largest absolute Gasteiger partial charge is 0.492 e. The van der Waals surface area contributed by atoms with Gasteiger partial charge < -0.3 is 10.1 Å². The Labute approximate surface area is 184 Å². The standard InChI is InChI=1S/C19H23BrN6O3S/c1-4-29-16-6-5-15(20)12-17(16)30(27,28)22-10-9-21-18-7-8-19(24-23-18)26-14(3)11-13(2)25-26/h5-8,11-12,22H,4,9-10H2,1-3H3,(H,21,23). The van der Waals surface area contributed by atoms with Gasteiger partial charge in [0.05, 0.1) is 12.3 Å². The Morgan fingerprint density at radius 1 is 1.10 bits per heavy atom. The van der Waals surface area contributed by atoms with Crippen molar-refractivity contribution in [3.05, 3.63) is 52.3 Å². The van der Waals surface area contributed by atoms with E-state index in [-0.39, 0.29) is 11.4 Å². The summed E-state index contributed by atoms with van der Waals surface area (Å²) in [7, 11) is -3.73. The number of halogens is 1. The second-order valence-corrected chi connectivity index (χ2v) is 9.12. The minimum Gasteiger partial charge on any atom is -0.492 e. The van der Waals surface area contributed by atoms with Crippen molar-refractivity contribution in [1.82, 2.24) is 24.7 Å². The Balaban J connectivity index is 1.58. The molecule has 0 saturated carbocycles. The smallest absolute Gasteiger partial charge is 0.244 e. The lowest BCUT2D eigenvalue weighted by molar-refractivity contribution is 0.331. The number of rotatable bonds is 9. The minimum atomic E-state index is -3.73. The van der Waals surface area contributed by atoms with Crippen LogP contribution in [0.5, 0.6) is 5.75 Å². The van der Waals surface area contributed by atoms with E-state index in [1.165, 1.54) is 6.07 Å². The number of ether oxygens (including phenoxy) is 1. The van der Waals surface area contributed by atoms with Crippen LogP contribution in [-0.4, -0.2) is 48.1 Å². The Morgan fingerprint density at radius 3 is 2.53 bits per heavy atom. The molecule has 2 aromatic heterocycles. The normalized spacial score (nSPS) is 11.5. The quantitative estimate of drug-likeness (QED) is 0.439. The molecule has 0 fully saturated rings. The molecule has 0 radical (unpaired) electrons. The van der Waals surface area contributed by atoms with E-state index in [0.29, 0.717) is 35.0 Å². The first-order valence-corrected chi connectivity index (χ1v) is 11.6. The number of nitrogens with one attached hydrogen (secondary N) is 2. The van der Waals surface area contributed by atoms with Crippen molar-refractivity contribution in [3.8, 4) is 11.6 Å². The molecule has 1 aromatic carbocycles. The first-order chi connectivity index (χ1) is 14.3. The molecule has 0 bridgehead atoms. The number of hydrogen-bond donors (Lipinski definition) is 2. The summed E-state index contributed by atoms with van der Waals surface area (Å²) in [4.78, 5) is 0.0905. The summed E-state index contributed by atoms with van der Waals surface area (Å²) in [5.41, 5.74) is 1.87. The zero-order valence-corrected chi connectivity index (χ0v) is 19.3. The van der Waals surface area contributed by atoms with Crippen molar-refractivity contribution >= 4 is 31.8 Å². The summed E-state index contributed by atoms with van der Waals surface area (Å²) in [6.07, 6.45) is 0. The fourth-order valence-electron chi connectivity index (χ4n) is 2.81. The molecular formula is C19H23BrN6O3S. The molecule has 9 nitrogen and oxygen atoms in total. The average Bonchev–Trinajstić information content (AvgIpc) is 3.05. The van der Waals surface area contributed by atoms with Crippen LogP contribution < -0.4 is 14.8 Å². The number of anilines is 1. The summed E-state index contributed by atoms with van der Waals surface area (Å²) in [6.45, 7) is 6.54. The fourth-order valence-corrected chi connectivity index (χ4v) is 4.53. The van der Waals surface area contributed by atoms with Gasteiger partial charge in [0, 0.05) is 23.3 Å². The van der Waals surface area contributed by atoms with Gasteiger partial charge in [0.15, 0.2) is 5.82 Å². The molecule has 3 rings (SSSR count). The third-order valence-corrected chi connectivity index (χ3v) is 6.07. The van der Waals surface area contributed by atoms with Gasteiger partial charge >= 0.3 is 0 Å². The van der Waals surface area contributed by atoms with Crippen LogP contribution in [0.3, 0.4) is 0 Å². The summed E-state index contributed by atoms with van der Waals surface area (Å²) in [5, 5.41) is 15.7. The predicted molar refractivity (Wildman–Crippen MR) is 118 cm³/mol. The lowest BCUT2D eigenvalue weighted by Gasteiger charge is -2.12. The van der Waals surface area contributed by atoms with Crippen LogP contribution in [0.1, 0.15) is 18.3 Å². The van der Waals surface area contributed by atoms with Gasteiger partial charge in [0.25, 0.3) is 0 Å². The third-order valence-electron chi connectivity index (χ3n) is 4.10. The number of sulfonamides is 1. The first-order valence-electron chi connectivity index (χ1n) is 9.33. The molecule has 2 heterocycles. The van der Waals surface area contributed by atoms with Gasteiger partial charge in [-0.2, -0.15) is 5.10 Å². The van der Waals surface area contributed by atoms with E-state index in [9.17, 15) is 8.42 Å². The van der Waals surface area contributed by atoms with Crippen LogP contribution in [0.25, 0.3) is 5.82 Å². The highest BCUT2D eigenvalue weighted by Crippen LogP contribution is 2.27. The van der Waals surface area contributed by atoms with Crippen LogP contribution in [0.15, 0.2) is 45.8 Å². The van der Waals surface area contributed by atoms with Crippen LogP contribution in [0.2, 0.25) is 0 Å². The van der Waals surface area contributed by atoms with E-state index < -0.39 is 10.0 Å². The molecule has 0 atom stereocenters. The van der Waals surface area contributed by atoms with E-state index in [4.69, 9.17) is 4.74 Å². The summed E-state index contributed by atoms with van der Waals surface area (Å²) >= 11 is 3.30. The summed E-state index contributed by atoms with van der Waals surface area (Å²) in [6, 6.07) is 10.4. The number of aryl methyl sites for hydroxylation is 2. The maximum atomic E-state index is 12.6. The molecule has 0 unspecified atom stereocenters. The second kappa shape index (κ2) is 9.54. The van der Waals surface area contributed by atoms with Crippen LogP contribution >= 0.6 is 15.9 Å². The predicted octanol–water partition coefficient (Wildman–Crippen LogP) is 2.83. The van der Waals surface area contributed by atoms with Crippen molar-refractivity contribution in [2.75, 3.05) is 25.0 Å². The molecular weight excluding hydrogens is 472 g/mol. The molecule has 0 aliphatic carbocycles. The SMILES string of the molecule is CCOc1ccc(Br)cc1S(=O)(=O)NCCNc1ccc(-n2nc(C)cc2C)nn1. The highest BCUT2D eigenvalue weighted by atomic mass is 79.9. The zero-order valence-electron chi connectivity index (χ0n) is 16.9. The van der Waals surface area contributed by atoms with Gasteiger partial charge in [0.1, 0.15) is 16.5 Å².